The minimum Gasteiger partial charge on any atom is -0.466 e. The molecular formula is C40H64B2O13S2. The van der Waals surface area contributed by atoms with E-state index in [4.69, 9.17) is 39.5 Å². The van der Waals surface area contributed by atoms with Gasteiger partial charge < -0.3 is 41.5 Å². The highest BCUT2D eigenvalue weighted by atomic mass is 32.2. The molecule has 17 heteroatoms. The average molecular weight is 843 g/mol. The minimum atomic E-state index is -1.62. The fourth-order valence-corrected chi connectivity index (χ4v) is 7.48. The van der Waals surface area contributed by atoms with Gasteiger partial charge in [-0.15, -0.1) is 13.2 Å². The first-order valence-corrected chi connectivity index (χ1v) is 20.5. The molecule has 2 heterocycles. The molecule has 2 radical (unpaired) electrons. The number of carbonyl (C=O) groups is 4. The number of methoxy groups -OCH3 is 4. The zero-order valence-corrected chi connectivity index (χ0v) is 36.9. The highest BCUT2D eigenvalue weighted by molar-refractivity contribution is 8.16. The summed E-state index contributed by atoms with van der Waals surface area (Å²) in [5.41, 5.74) is -0.888. The number of carbonyl (C=O) groups excluding carboxylic acids is 4. The van der Waals surface area contributed by atoms with Gasteiger partial charge in [0.2, 0.25) is 31.5 Å². The topological polar surface area (TPSA) is 151 Å². The molecule has 0 aromatic heterocycles. The first kappa shape index (κ1) is 49.0. The summed E-state index contributed by atoms with van der Waals surface area (Å²) in [6.45, 7) is 17.2. The summed E-state index contributed by atoms with van der Waals surface area (Å²) in [6.07, 6.45) is 11.1. The number of hydrogen-bond acceptors (Lipinski definition) is 15. The average Bonchev–Trinajstić information content (AvgIpc) is 3.20. The summed E-state index contributed by atoms with van der Waals surface area (Å²) in [6, 6.07) is 0. The molecule has 2 saturated heterocycles. The standard InChI is InChI=1S/C24H40BO7S.C16H24BO6S/c1-7-9-10-11-12-14-20(26)31-22-18(16-21(27)28-5)15-19(13-8-2)32-24(22,29-6)23(3,4)17-30-33-25;1-6-7-12-8-11(9-13(18)20-4)14(19)16(21-5,23-12)15(2,3)10-22-24-17/h8,16,19,22,25H,2,7,9-15,17H2,1,3-6H3;6,9,12,17H,1,7-8,10H2,2-5H3/b18-16+;11-9+/t19-,22+,24-;12-,16-/m11/s1/i25T;17T. The van der Waals surface area contributed by atoms with E-state index in [0.717, 1.165) is 70.1 Å². The molecule has 2 fully saturated rings. The van der Waals surface area contributed by atoms with Crippen molar-refractivity contribution in [1.29, 1.82) is 2.67 Å². The molecule has 57 heavy (non-hydrogen) atoms. The van der Waals surface area contributed by atoms with E-state index >= 15 is 0 Å². The van der Waals surface area contributed by atoms with Crippen LogP contribution < -0.4 is 0 Å². The van der Waals surface area contributed by atoms with Gasteiger partial charge in [-0.3, -0.25) is 9.59 Å². The normalized spacial score (nSPS) is 25.6. The summed E-state index contributed by atoms with van der Waals surface area (Å²) >= 11 is 1.73. The molecule has 0 spiro atoms. The quantitative estimate of drug-likeness (QED) is 0.0188. The Hall–Kier alpha value is -2.37. The van der Waals surface area contributed by atoms with Gasteiger partial charge in [0, 0.05) is 50.2 Å². The molecule has 0 aromatic rings. The highest BCUT2D eigenvalue weighted by Crippen LogP contribution is 2.48. The lowest BCUT2D eigenvalue weighted by Crippen LogP contribution is -2.64. The summed E-state index contributed by atoms with van der Waals surface area (Å²) in [5, 5.41) is 0. The number of ether oxygens (including phenoxy) is 7. The molecule has 5 atom stereocenters. The zero-order chi connectivity index (χ0) is 44.7. The Bertz CT molecular complexity index is 1430. The van der Waals surface area contributed by atoms with Crippen LogP contribution in [-0.4, -0.2) is 112 Å². The molecule has 0 aliphatic carbocycles. The minimum absolute atomic E-state index is 0.0962. The van der Waals surface area contributed by atoms with E-state index in [1.54, 1.807) is 26.0 Å². The fourth-order valence-electron chi connectivity index (χ4n) is 6.75. The number of unbranched alkanes of at least 4 members (excludes halogenated alkanes) is 4. The van der Waals surface area contributed by atoms with Crippen LogP contribution >= 0.6 is 23.8 Å². The van der Waals surface area contributed by atoms with Gasteiger partial charge in [0.05, 0.1) is 45.1 Å². The van der Waals surface area contributed by atoms with Gasteiger partial charge in [-0.25, -0.2) is 9.59 Å². The van der Waals surface area contributed by atoms with Gasteiger partial charge >= 0.3 is 17.9 Å². The van der Waals surface area contributed by atoms with Crippen LogP contribution in [0.2, 0.25) is 0 Å². The second-order valence-corrected chi connectivity index (χ2v) is 15.8. The first-order valence-electron chi connectivity index (χ1n) is 20.1. The number of hydrogen-bond donors (Lipinski definition) is 0. The lowest BCUT2D eigenvalue weighted by Gasteiger charge is -2.53. The molecule has 2 aliphatic rings. The van der Waals surface area contributed by atoms with Gasteiger partial charge in [-0.05, 0) is 33.9 Å². The van der Waals surface area contributed by atoms with Crippen molar-refractivity contribution in [1.82, 2.24) is 0 Å². The van der Waals surface area contributed by atoms with Crippen molar-refractivity contribution in [3.05, 3.63) is 48.6 Å². The van der Waals surface area contributed by atoms with Crippen molar-refractivity contribution in [3.63, 3.8) is 0 Å². The van der Waals surface area contributed by atoms with Gasteiger partial charge in [0.15, 0.2) is 6.10 Å². The van der Waals surface area contributed by atoms with E-state index in [2.05, 4.69) is 24.8 Å². The van der Waals surface area contributed by atoms with E-state index in [0.29, 0.717) is 24.8 Å². The Morgan fingerprint density at radius 3 is 1.93 bits per heavy atom. The van der Waals surface area contributed by atoms with E-state index < -0.39 is 46.2 Å². The van der Waals surface area contributed by atoms with Gasteiger partial charge in [-0.2, -0.15) is 0 Å². The lowest BCUT2D eigenvalue weighted by atomic mass is 9.75. The Balaban J connectivity index is 0.000000618. The van der Waals surface area contributed by atoms with Crippen LogP contribution in [0, 0.1) is 10.8 Å². The van der Waals surface area contributed by atoms with Crippen LogP contribution in [0.4, 0.5) is 0 Å². The summed E-state index contributed by atoms with van der Waals surface area (Å²) in [7, 11) is 7.55. The Labute approximate surface area is 353 Å². The predicted molar refractivity (Wildman–Crippen MR) is 225 cm³/mol. The van der Waals surface area contributed by atoms with E-state index in [1.807, 2.05) is 13.8 Å². The second-order valence-electron chi connectivity index (χ2n) is 14.9. The van der Waals surface area contributed by atoms with E-state index in [-0.39, 0.29) is 49.8 Å². The molecule has 13 nitrogen and oxygen atoms in total. The molecule has 0 aromatic carbocycles. The van der Waals surface area contributed by atoms with Crippen molar-refractivity contribution in [3.8, 4) is 0 Å². The Kier molecular flexibility index (Phi) is 22.3. The van der Waals surface area contributed by atoms with Gasteiger partial charge in [0.1, 0.15) is 0 Å². The number of ketones is 1. The number of esters is 3. The van der Waals surface area contributed by atoms with Gasteiger partial charge in [-0.1, -0.05) is 96.2 Å². The SMILES string of the molecule is [3H][B]SOCC(C)(C)[C@]1(OC)O[C@H](CC=C)C/C(=C\C(=O)OC)C1=O.[3H][B]SOCC(C)(C)[C@]1(OC)O[C@H](CC=C)C/C(=C\C(=O)OC)[C@@H]1OC(=O)CCCCCCC. The number of rotatable bonds is 25. The third kappa shape index (κ3) is 14.7. The monoisotopic (exact) mass is 842 g/mol. The maximum atomic E-state index is 13.1. The molecule has 2 rings (SSSR count). The maximum absolute atomic E-state index is 13.1. The largest absolute Gasteiger partial charge is 0.466 e. The smallest absolute Gasteiger partial charge is 0.330 e. The summed E-state index contributed by atoms with van der Waals surface area (Å²) < 4.78 is 64.7. The zero-order valence-electron chi connectivity index (χ0n) is 37.2. The first-order chi connectivity index (χ1) is 28.0. The molecule has 0 saturated carbocycles. The molecule has 0 unspecified atom stereocenters. The van der Waals surface area contributed by atoms with Crippen molar-refractivity contribution in [2.75, 3.05) is 41.7 Å². The third-order valence-electron chi connectivity index (χ3n) is 9.85. The molecule has 320 valence electrons. The van der Waals surface area contributed by atoms with Crippen LogP contribution in [0.3, 0.4) is 0 Å². The highest BCUT2D eigenvalue weighted by Gasteiger charge is 2.60. The molecule has 0 bridgehead atoms. The molecular weight excluding hydrogens is 774 g/mol. The molecule has 2 aliphatic heterocycles. The molecule has 0 N–H and O–H groups in total. The van der Waals surface area contributed by atoms with E-state index in [9.17, 15) is 19.2 Å². The number of Topliss-reactive ketones (excluding diaryl/α,β-unsaturated/α-hetero) is 1. The Morgan fingerprint density at radius 2 is 1.40 bits per heavy atom. The van der Waals surface area contributed by atoms with Crippen molar-refractivity contribution >= 4 is 61.7 Å². The van der Waals surface area contributed by atoms with Crippen LogP contribution in [-0.2, 0) is 60.7 Å². The summed E-state index contributed by atoms with van der Waals surface area (Å²) in [5.74, 6) is -5.04. The van der Waals surface area contributed by atoms with Crippen molar-refractivity contribution in [2.45, 2.75) is 129 Å². The van der Waals surface area contributed by atoms with Crippen molar-refractivity contribution < 1.29 is 60.7 Å². The Morgan fingerprint density at radius 1 is 0.842 bits per heavy atom. The van der Waals surface area contributed by atoms with Crippen molar-refractivity contribution in [2.24, 2.45) is 10.8 Å². The predicted octanol–water partition coefficient (Wildman–Crippen LogP) is 6.44. The van der Waals surface area contributed by atoms with Crippen LogP contribution in [0.25, 0.3) is 0 Å². The van der Waals surface area contributed by atoms with Gasteiger partial charge in [0.25, 0.3) is 0 Å². The van der Waals surface area contributed by atoms with Crippen LogP contribution in [0.5, 0.6) is 0 Å². The fraction of sp³-hybridized carbons (Fsp3) is 0.700. The third-order valence-corrected chi connectivity index (χ3v) is 10.4. The summed E-state index contributed by atoms with van der Waals surface area (Å²) in [4.78, 5) is 49.8. The van der Waals surface area contributed by atoms with E-state index in [1.165, 1.54) is 40.6 Å². The maximum Gasteiger partial charge on any atom is 0.330 e. The van der Waals surface area contributed by atoms with Crippen LogP contribution in [0.15, 0.2) is 48.6 Å². The van der Waals surface area contributed by atoms with Crippen LogP contribution in [0.1, 0.15) is 98.8 Å². The second kappa shape index (κ2) is 26.0. The molecule has 0 amide bonds. The lowest BCUT2D eigenvalue weighted by molar-refractivity contribution is -0.347.